The van der Waals surface area contributed by atoms with Crippen molar-refractivity contribution in [3.8, 4) is 0 Å². The molecule has 104 valence electrons. The van der Waals surface area contributed by atoms with Crippen molar-refractivity contribution < 1.29 is 14.3 Å². The van der Waals surface area contributed by atoms with Gasteiger partial charge in [-0.05, 0) is 42.3 Å². The number of carbonyl (C=O) groups is 1. The molecule has 0 atom stereocenters. The summed E-state index contributed by atoms with van der Waals surface area (Å²) in [6.45, 7) is 1.20. The Morgan fingerprint density at radius 1 is 1.15 bits per heavy atom. The number of carboxylic acid groups (broad SMARTS) is 1. The number of halogens is 1. The molecule has 0 aliphatic carbocycles. The average Bonchev–Trinajstić information content (AvgIpc) is 2.45. The Hall–Kier alpha value is -2.20. The molecule has 0 aliphatic rings. The van der Waals surface area contributed by atoms with Crippen LogP contribution in [0.1, 0.15) is 21.5 Å². The third-order valence-corrected chi connectivity index (χ3v) is 3.03. The van der Waals surface area contributed by atoms with E-state index >= 15 is 0 Å². The zero-order valence-corrected chi connectivity index (χ0v) is 11.0. The first-order chi connectivity index (χ1) is 9.66. The summed E-state index contributed by atoms with van der Waals surface area (Å²) in [6, 6.07) is 13.5. The van der Waals surface area contributed by atoms with Crippen LogP contribution in [-0.2, 0) is 13.0 Å². The van der Waals surface area contributed by atoms with Gasteiger partial charge in [0.05, 0.1) is 5.56 Å². The first kappa shape index (κ1) is 14.2. The highest BCUT2D eigenvalue weighted by Gasteiger charge is 2.03. The molecule has 2 aromatic rings. The van der Waals surface area contributed by atoms with E-state index in [1.54, 1.807) is 30.3 Å². The zero-order chi connectivity index (χ0) is 14.4. The summed E-state index contributed by atoms with van der Waals surface area (Å²) in [6.07, 6.45) is 0.602. The van der Waals surface area contributed by atoms with Gasteiger partial charge < -0.3 is 10.4 Å². The van der Waals surface area contributed by atoms with E-state index in [1.807, 2.05) is 12.1 Å². The molecule has 0 unspecified atom stereocenters. The van der Waals surface area contributed by atoms with E-state index in [1.165, 1.54) is 6.07 Å². The van der Waals surface area contributed by atoms with Crippen LogP contribution in [0.2, 0.25) is 0 Å². The van der Waals surface area contributed by atoms with Crippen molar-refractivity contribution in [2.75, 3.05) is 6.54 Å². The lowest BCUT2D eigenvalue weighted by Crippen LogP contribution is -2.17. The fourth-order valence-electron chi connectivity index (χ4n) is 1.97. The van der Waals surface area contributed by atoms with E-state index in [-0.39, 0.29) is 11.4 Å². The first-order valence-electron chi connectivity index (χ1n) is 6.43. The summed E-state index contributed by atoms with van der Waals surface area (Å²) in [7, 11) is 0. The number of rotatable bonds is 6. The number of hydrogen-bond donors (Lipinski definition) is 2. The number of aromatic carboxylic acids is 1. The maximum Gasteiger partial charge on any atom is 0.335 e. The van der Waals surface area contributed by atoms with Crippen LogP contribution in [0.15, 0.2) is 48.5 Å². The van der Waals surface area contributed by atoms with Gasteiger partial charge in [-0.2, -0.15) is 0 Å². The Morgan fingerprint density at radius 3 is 2.70 bits per heavy atom. The maximum atomic E-state index is 13.4. The van der Waals surface area contributed by atoms with E-state index in [4.69, 9.17) is 5.11 Å². The summed E-state index contributed by atoms with van der Waals surface area (Å²) in [4.78, 5) is 10.8. The van der Waals surface area contributed by atoms with Crippen molar-refractivity contribution in [1.82, 2.24) is 5.32 Å². The molecular weight excluding hydrogens is 257 g/mol. The van der Waals surface area contributed by atoms with E-state index < -0.39 is 5.97 Å². The highest BCUT2D eigenvalue weighted by Crippen LogP contribution is 2.07. The summed E-state index contributed by atoms with van der Waals surface area (Å²) >= 11 is 0. The molecule has 0 saturated heterocycles. The van der Waals surface area contributed by atoms with Gasteiger partial charge in [0.15, 0.2) is 0 Å². The molecule has 0 saturated carbocycles. The van der Waals surface area contributed by atoms with Crippen LogP contribution in [0.4, 0.5) is 4.39 Å². The number of hydrogen-bond acceptors (Lipinski definition) is 2. The van der Waals surface area contributed by atoms with Gasteiger partial charge in [-0.3, -0.25) is 0 Å². The average molecular weight is 273 g/mol. The van der Waals surface area contributed by atoms with Gasteiger partial charge >= 0.3 is 5.97 Å². The molecule has 0 amide bonds. The number of nitrogens with one attached hydrogen (secondary N) is 1. The predicted octanol–water partition coefficient (Wildman–Crippen LogP) is 2.86. The minimum absolute atomic E-state index is 0.192. The lowest BCUT2D eigenvalue weighted by atomic mass is 10.1. The topological polar surface area (TPSA) is 49.3 Å². The molecular formula is C16H16FNO2. The highest BCUT2D eigenvalue weighted by molar-refractivity contribution is 5.87. The number of carboxylic acids is 1. The SMILES string of the molecule is O=C(O)c1cccc(CNCCc2ccccc2F)c1. The minimum Gasteiger partial charge on any atom is -0.478 e. The molecule has 0 heterocycles. The molecule has 2 aromatic carbocycles. The second-order valence-electron chi connectivity index (χ2n) is 4.52. The summed E-state index contributed by atoms with van der Waals surface area (Å²) < 4.78 is 13.4. The minimum atomic E-state index is -0.932. The Labute approximate surface area is 117 Å². The van der Waals surface area contributed by atoms with Crippen LogP contribution in [0.3, 0.4) is 0 Å². The Morgan fingerprint density at radius 2 is 1.95 bits per heavy atom. The van der Waals surface area contributed by atoms with Gasteiger partial charge in [-0.1, -0.05) is 30.3 Å². The Balaban J connectivity index is 1.83. The molecule has 3 nitrogen and oxygen atoms in total. The molecule has 0 aliphatic heterocycles. The van der Waals surface area contributed by atoms with Crippen LogP contribution in [0.5, 0.6) is 0 Å². The molecule has 0 fully saturated rings. The first-order valence-corrected chi connectivity index (χ1v) is 6.43. The van der Waals surface area contributed by atoms with Crippen molar-refractivity contribution in [3.05, 3.63) is 71.0 Å². The van der Waals surface area contributed by atoms with E-state index in [9.17, 15) is 9.18 Å². The van der Waals surface area contributed by atoms with Gasteiger partial charge in [-0.25, -0.2) is 9.18 Å². The fourth-order valence-corrected chi connectivity index (χ4v) is 1.97. The van der Waals surface area contributed by atoms with Crippen LogP contribution in [-0.4, -0.2) is 17.6 Å². The molecule has 0 spiro atoms. The van der Waals surface area contributed by atoms with Crippen molar-refractivity contribution >= 4 is 5.97 Å². The Bertz CT molecular complexity index is 599. The largest absolute Gasteiger partial charge is 0.478 e. The normalized spacial score (nSPS) is 10.4. The summed E-state index contributed by atoms with van der Waals surface area (Å²) in [5, 5.41) is 12.1. The van der Waals surface area contributed by atoms with Crippen molar-refractivity contribution in [2.24, 2.45) is 0 Å². The monoisotopic (exact) mass is 273 g/mol. The van der Waals surface area contributed by atoms with Crippen LogP contribution in [0, 0.1) is 5.82 Å². The molecule has 0 bridgehead atoms. The lowest BCUT2D eigenvalue weighted by Gasteiger charge is -2.06. The van der Waals surface area contributed by atoms with Gasteiger partial charge in [0.2, 0.25) is 0 Å². The highest BCUT2D eigenvalue weighted by atomic mass is 19.1. The maximum absolute atomic E-state index is 13.4. The van der Waals surface area contributed by atoms with Crippen LogP contribution in [0.25, 0.3) is 0 Å². The lowest BCUT2D eigenvalue weighted by molar-refractivity contribution is 0.0696. The number of benzene rings is 2. The second kappa shape index (κ2) is 6.82. The fraction of sp³-hybridized carbons (Fsp3) is 0.188. The van der Waals surface area contributed by atoms with E-state index in [0.717, 1.165) is 5.56 Å². The molecule has 2 N–H and O–H groups in total. The van der Waals surface area contributed by atoms with Gasteiger partial charge in [0.1, 0.15) is 5.82 Å². The van der Waals surface area contributed by atoms with Gasteiger partial charge in [0, 0.05) is 6.54 Å². The van der Waals surface area contributed by atoms with Crippen molar-refractivity contribution in [1.29, 1.82) is 0 Å². The van der Waals surface area contributed by atoms with E-state index in [2.05, 4.69) is 5.32 Å². The molecule has 4 heteroatoms. The molecule has 0 radical (unpaired) electrons. The quantitative estimate of drug-likeness (QED) is 0.796. The molecule has 0 aromatic heterocycles. The van der Waals surface area contributed by atoms with Crippen molar-refractivity contribution in [3.63, 3.8) is 0 Å². The van der Waals surface area contributed by atoms with E-state index in [0.29, 0.717) is 25.1 Å². The summed E-state index contributed by atoms with van der Waals surface area (Å²) in [5.74, 6) is -1.12. The Kier molecular flexibility index (Phi) is 4.85. The molecule has 2 rings (SSSR count). The van der Waals surface area contributed by atoms with Crippen molar-refractivity contribution in [2.45, 2.75) is 13.0 Å². The standard InChI is InChI=1S/C16H16FNO2/c17-15-7-2-1-5-13(15)8-9-18-11-12-4-3-6-14(10-12)16(19)20/h1-7,10,18H,8-9,11H2,(H,19,20). The predicted molar refractivity (Wildman–Crippen MR) is 75.2 cm³/mol. The zero-order valence-electron chi connectivity index (χ0n) is 11.0. The third-order valence-electron chi connectivity index (χ3n) is 3.03. The molecule has 20 heavy (non-hydrogen) atoms. The van der Waals surface area contributed by atoms with Crippen LogP contribution >= 0.6 is 0 Å². The smallest absolute Gasteiger partial charge is 0.335 e. The second-order valence-corrected chi connectivity index (χ2v) is 4.52. The van der Waals surface area contributed by atoms with Crippen LogP contribution < -0.4 is 5.32 Å². The summed E-state index contributed by atoms with van der Waals surface area (Å²) in [5.41, 5.74) is 1.86. The van der Waals surface area contributed by atoms with Gasteiger partial charge in [-0.15, -0.1) is 0 Å². The van der Waals surface area contributed by atoms with Gasteiger partial charge in [0.25, 0.3) is 0 Å². The third kappa shape index (κ3) is 3.90.